The standard InChI is InChI=1S/C10H14ClN/c1-9-3-2-4-10(7-9)8-12-6-5-11/h2-4,7,12H,5-6,8H2,1H3. The fourth-order valence-electron chi connectivity index (χ4n) is 1.12. The highest BCUT2D eigenvalue weighted by Crippen LogP contribution is 2.02. The maximum absolute atomic E-state index is 5.54. The lowest BCUT2D eigenvalue weighted by Gasteiger charge is -2.02. The minimum absolute atomic E-state index is 0.672. The van der Waals surface area contributed by atoms with E-state index in [0.717, 1.165) is 13.1 Å². The zero-order chi connectivity index (χ0) is 8.81. The van der Waals surface area contributed by atoms with Crippen molar-refractivity contribution in [2.45, 2.75) is 13.5 Å². The van der Waals surface area contributed by atoms with Crippen LogP contribution >= 0.6 is 11.6 Å². The first-order valence-corrected chi connectivity index (χ1v) is 4.68. The maximum Gasteiger partial charge on any atom is 0.0348 e. The molecule has 0 radical (unpaired) electrons. The average molecular weight is 184 g/mol. The summed E-state index contributed by atoms with van der Waals surface area (Å²) in [7, 11) is 0. The van der Waals surface area contributed by atoms with E-state index in [1.54, 1.807) is 0 Å². The Hall–Kier alpha value is -0.530. The van der Waals surface area contributed by atoms with Crippen molar-refractivity contribution < 1.29 is 0 Å². The lowest BCUT2D eigenvalue weighted by Crippen LogP contribution is -2.15. The molecule has 0 aliphatic heterocycles. The minimum atomic E-state index is 0.672. The molecule has 0 aromatic heterocycles. The van der Waals surface area contributed by atoms with E-state index in [1.807, 2.05) is 0 Å². The van der Waals surface area contributed by atoms with Gasteiger partial charge in [-0.15, -0.1) is 11.6 Å². The van der Waals surface area contributed by atoms with Crippen LogP contribution in [-0.4, -0.2) is 12.4 Å². The zero-order valence-corrected chi connectivity index (χ0v) is 8.06. The van der Waals surface area contributed by atoms with E-state index in [1.165, 1.54) is 11.1 Å². The van der Waals surface area contributed by atoms with E-state index >= 15 is 0 Å². The van der Waals surface area contributed by atoms with Gasteiger partial charge in [-0.05, 0) is 12.5 Å². The van der Waals surface area contributed by atoms with Gasteiger partial charge in [-0.3, -0.25) is 0 Å². The molecule has 1 nitrogen and oxygen atoms in total. The summed E-state index contributed by atoms with van der Waals surface area (Å²) in [5.41, 5.74) is 2.63. The third-order valence-electron chi connectivity index (χ3n) is 1.68. The van der Waals surface area contributed by atoms with Crippen molar-refractivity contribution in [3.8, 4) is 0 Å². The first kappa shape index (κ1) is 9.56. The summed E-state index contributed by atoms with van der Waals surface area (Å²) < 4.78 is 0. The van der Waals surface area contributed by atoms with Gasteiger partial charge < -0.3 is 5.32 Å². The molecule has 0 spiro atoms. The highest BCUT2D eigenvalue weighted by atomic mass is 35.5. The molecule has 0 fully saturated rings. The van der Waals surface area contributed by atoms with Crippen LogP contribution in [0.5, 0.6) is 0 Å². The molecule has 1 aromatic rings. The smallest absolute Gasteiger partial charge is 0.0348 e. The van der Waals surface area contributed by atoms with Gasteiger partial charge in [-0.1, -0.05) is 29.8 Å². The molecular weight excluding hydrogens is 170 g/mol. The Morgan fingerprint density at radius 2 is 2.25 bits per heavy atom. The number of halogens is 1. The number of hydrogen-bond acceptors (Lipinski definition) is 1. The third kappa shape index (κ3) is 3.24. The molecule has 12 heavy (non-hydrogen) atoms. The molecule has 0 saturated heterocycles. The van der Waals surface area contributed by atoms with Gasteiger partial charge in [-0.2, -0.15) is 0 Å². The molecule has 0 atom stereocenters. The number of rotatable bonds is 4. The highest BCUT2D eigenvalue weighted by molar-refractivity contribution is 6.18. The number of hydrogen-bond donors (Lipinski definition) is 1. The van der Waals surface area contributed by atoms with Gasteiger partial charge in [0.15, 0.2) is 0 Å². The van der Waals surface area contributed by atoms with Crippen LogP contribution < -0.4 is 5.32 Å². The van der Waals surface area contributed by atoms with Gasteiger partial charge in [0.1, 0.15) is 0 Å². The van der Waals surface area contributed by atoms with Crippen LogP contribution in [0.1, 0.15) is 11.1 Å². The molecule has 0 saturated carbocycles. The summed E-state index contributed by atoms with van der Waals surface area (Å²) in [5, 5.41) is 3.25. The maximum atomic E-state index is 5.54. The van der Waals surface area contributed by atoms with Crippen molar-refractivity contribution in [3.05, 3.63) is 35.4 Å². The van der Waals surface area contributed by atoms with E-state index in [4.69, 9.17) is 11.6 Å². The van der Waals surface area contributed by atoms with Crippen LogP contribution in [0.3, 0.4) is 0 Å². The second-order valence-electron chi connectivity index (χ2n) is 2.85. The van der Waals surface area contributed by atoms with Crippen LogP contribution in [0, 0.1) is 6.92 Å². The highest BCUT2D eigenvalue weighted by Gasteiger charge is 1.91. The predicted octanol–water partition coefficient (Wildman–Crippen LogP) is 2.32. The van der Waals surface area contributed by atoms with E-state index in [0.29, 0.717) is 5.88 Å². The first-order valence-electron chi connectivity index (χ1n) is 4.15. The molecule has 0 aliphatic carbocycles. The summed E-state index contributed by atoms with van der Waals surface area (Å²) in [6.45, 7) is 3.88. The Morgan fingerprint density at radius 1 is 1.42 bits per heavy atom. The van der Waals surface area contributed by atoms with Gasteiger partial charge in [0, 0.05) is 19.0 Å². The second kappa shape index (κ2) is 5.18. The summed E-state index contributed by atoms with van der Waals surface area (Å²) in [6, 6.07) is 8.48. The monoisotopic (exact) mass is 183 g/mol. The van der Waals surface area contributed by atoms with Crippen molar-refractivity contribution in [3.63, 3.8) is 0 Å². The van der Waals surface area contributed by atoms with Gasteiger partial charge >= 0.3 is 0 Å². The van der Waals surface area contributed by atoms with E-state index in [-0.39, 0.29) is 0 Å². The van der Waals surface area contributed by atoms with Gasteiger partial charge in [0.25, 0.3) is 0 Å². The van der Waals surface area contributed by atoms with Crippen LogP contribution in [0.2, 0.25) is 0 Å². The quantitative estimate of drug-likeness (QED) is 0.558. The van der Waals surface area contributed by atoms with Crippen molar-refractivity contribution in [2.24, 2.45) is 0 Å². The molecular formula is C10H14ClN. The predicted molar refractivity (Wildman–Crippen MR) is 53.6 cm³/mol. The summed E-state index contributed by atoms with van der Waals surface area (Å²) in [6.07, 6.45) is 0. The van der Waals surface area contributed by atoms with E-state index < -0.39 is 0 Å². The molecule has 0 amide bonds. The number of nitrogens with one attached hydrogen (secondary N) is 1. The van der Waals surface area contributed by atoms with Crippen LogP contribution in [-0.2, 0) is 6.54 Å². The Bertz CT molecular complexity index is 235. The summed E-state index contributed by atoms with van der Waals surface area (Å²) in [5.74, 6) is 0.672. The van der Waals surface area contributed by atoms with Crippen LogP contribution in [0.25, 0.3) is 0 Å². The lowest BCUT2D eigenvalue weighted by atomic mass is 10.1. The molecule has 0 heterocycles. The SMILES string of the molecule is Cc1cccc(CNCCCl)c1. The Morgan fingerprint density at radius 3 is 2.92 bits per heavy atom. The van der Waals surface area contributed by atoms with Gasteiger partial charge in [-0.25, -0.2) is 0 Å². The summed E-state index contributed by atoms with van der Waals surface area (Å²) >= 11 is 5.54. The average Bonchev–Trinajstić information content (AvgIpc) is 2.05. The van der Waals surface area contributed by atoms with Crippen molar-refractivity contribution in [1.29, 1.82) is 0 Å². The minimum Gasteiger partial charge on any atom is -0.311 e. The molecule has 2 heteroatoms. The Balaban J connectivity index is 2.41. The van der Waals surface area contributed by atoms with Crippen LogP contribution in [0.15, 0.2) is 24.3 Å². The molecule has 0 aliphatic rings. The van der Waals surface area contributed by atoms with Crippen molar-refractivity contribution in [2.75, 3.05) is 12.4 Å². The van der Waals surface area contributed by atoms with Crippen molar-refractivity contribution in [1.82, 2.24) is 5.32 Å². The fourth-order valence-corrected chi connectivity index (χ4v) is 1.26. The normalized spacial score (nSPS) is 10.2. The van der Waals surface area contributed by atoms with Gasteiger partial charge in [0.05, 0.1) is 0 Å². The fraction of sp³-hybridized carbons (Fsp3) is 0.400. The Kier molecular flexibility index (Phi) is 4.12. The topological polar surface area (TPSA) is 12.0 Å². The Labute approximate surface area is 78.7 Å². The molecule has 66 valence electrons. The van der Waals surface area contributed by atoms with Gasteiger partial charge in [0.2, 0.25) is 0 Å². The molecule has 1 aromatic carbocycles. The summed E-state index contributed by atoms with van der Waals surface area (Å²) in [4.78, 5) is 0. The number of alkyl halides is 1. The van der Waals surface area contributed by atoms with Crippen molar-refractivity contribution >= 4 is 11.6 Å². The number of aryl methyl sites for hydroxylation is 1. The van der Waals surface area contributed by atoms with Crippen LogP contribution in [0.4, 0.5) is 0 Å². The largest absolute Gasteiger partial charge is 0.311 e. The molecule has 0 bridgehead atoms. The van der Waals surface area contributed by atoms with E-state index in [2.05, 4.69) is 36.5 Å². The van der Waals surface area contributed by atoms with E-state index in [9.17, 15) is 0 Å². The molecule has 0 unspecified atom stereocenters. The first-order chi connectivity index (χ1) is 5.83. The third-order valence-corrected chi connectivity index (χ3v) is 1.87. The molecule has 1 rings (SSSR count). The molecule has 1 N–H and O–H groups in total. The lowest BCUT2D eigenvalue weighted by molar-refractivity contribution is 0.730. The second-order valence-corrected chi connectivity index (χ2v) is 3.23. The number of benzene rings is 1. The zero-order valence-electron chi connectivity index (χ0n) is 7.31.